The van der Waals surface area contributed by atoms with Crippen LogP contribution in [0.15, 0.2) is 46.9 Å². The van der Waals surface area contributed by atoms with E-state index in [9.17, 15) is 4.39 Å². The zero-order valence-corrected chi connectivity index (χ0v) is 13.3. The van der Waals surface area contributed by atoms with E-state index in [-0.39, 0.29) is 5.82 Å². The van der Waals surface area contributed by atoms with Crippen molar-refractivity contribution < 1.29 is 4.39 Å². The van der Waals surface area contributed by atoms with Gasteiger partial charge in [-0.15, -0.1) is 0 Å². The van der Waals surface area contributed by atoms with Gasteiger partial charge in [0.25, 0.3) is 0 Å². The van der Waals surface area contributed by atoms with Crippen molar-refractivity contribution in [3.63, 3.8) is 0 Å². The minimum atomic E-state index is -0.446. The zero-order valence-electron chi connectivity index (χ0n) is 11.7. The Balaban J connectivity index is 2.29. The van der Waals surface area contributed by atoms with Crippen LogP contribution in [0.1, 0.15) is 48.9 Å². The van der Waals surface area contributed by atoms with E-state index < -0.39 is 6.04 Å². The summed E-state index contributed by atoms with van der Waals surface area (Å²) in [7, 11) is 0. The predicted octanol–water partition coefficient (Wildman–Crippen LogP) is 5.15. The van der Waals surface area contributed by atoms with E-state index in [1.165, 1.54) is 11.6 Å². The Morgan fingerprint density at radius 2 is 1.70 bits per heavy atom. The van der Waals surface area contributed by atoms with Crippen LogP contribution in [0.3, 0.4) is 0 Å². The molecule has 0 aromatic heterocycles. The largest absolute Gasteiger partial charge is 0.320 e. The molecule has 0 bridgehead atoms. The van der Waals surface area contributed by atoms with Gasteiger partial charge in [-0.2, -0.15) is 0 Å². The summed E-state index contributed by atoms with van der Waals surface area (Å²) in [6, 6.07) is 12.6. The second kappa shape index (κ2) is 6.51. The van der Waals surface area contributed by atoms with Gasteiger partial charge in [0.2, 0.25) is 0 Å². The number of nitrogens with two attached hydrogens (primary N) is 1. The van der Waals surface area contributed by atoms with Crippen molar-refractivity contribution in [1.82, 2.24) is 0 Å². The highest BCUT2D eigenvalue weighted by Gasteiger charge is 2.14. The molecule has 0 aliphatic carbocycles. The van der Waals surface area contributed by atoms with Gasteiger partial charge < -0.3 is 5.73 Å². The lowest BCUT2D eigenvalue weighted by atomic mass is 9.94. The first-order valence-electron chi connectivity index (χ1n) is 6.83. The molecule has 0 aliphatic heterocycles. The number of hydrogen-bond acceptors (Lipinski definition) is 1. The fraction of sp³-hybridized carbons (Fsp3) is 0.294. The molecule has 2 aromatic carbocycles. The molecule has 2 aromatic rings. The fourth-order valence-electron chi connectivity index (χ4n) is 2.20. The fourth-order valence-corrected chi connectivity index (χ4v) is 2.58. The van der Waals surface area contributed by atoms with Crippen molar-refractivity contribution in [2.75, 3.05) is 0 Å². The van der Waals surface area contributed by atoms with Crippen molar-refractivity contribution in [2.24, 2.45) is 5.73 Å². The molecule has 0 fully saturated rings. The lowest BCUT2D eigenvalue weighted by Crippen LogP contribution is -2.13. The predicted molar refractivity (Wildman–Crippen MR) is 85.3 cm³/mol. The van der Waals surface area contributed by atoms with E-state index in [2.05, 4.69) is 41.9 Å². The molecule has 1 nitrogen and oxygen atoms in total. The lowest BCUT2D eigenvalue weighted by molar-refractivity contribution is 0.599. The van der Waals surface area contributed by atoms with E-state index in [4.69, 9.17) is 5.73 Å². The summed E-state index contributed by atoms with van der Waals surface area (Å²) in [6.07, 6.45) is 1.10. The second-order valence-corrected chi connectivity index (χ2v) is 6.04. The molecule has 2 rings (SSSR count). The number of rotatable bonds is 4. The maximum Gasteiger partial charge on any atom is 0.128 e. The standard InChI is InChI=1S/C17H19BrFN/c1-3-11(2)12-4-6-13(7-5-12)17(20)15-10-14(18)8-9-16(15)19/h4-11,17H,3,20H2,1-2H3. The smallest absolute Gasteiger partial charge is 0.128 e. The van der Waals surface area contributed by atoms with Gasteiger partial charge >= 0.3 is 0 Å². The molecule has 106 valence electrons. The maximum atomic E-state index is 13.9. The molecular formula is C17H19BrFN. The molecule has 2 atom stereocenters. The Labute approximate surface area is 128 Å². The van der Waals surface area contributed by atoms with Crippen LogP contribution in [0, 0.1) is 5.82 Å². The first-order chi connectivity index (χ1) is 9.52. The maximum absolute atomic E-state index is 13.9. The molecule has 3 heteroatoms. The van der Waals surface area contributed by atoms with Gasteiger partial charge in [0.1, 0.15) is 5.82 Å². The van der Waals surface area contributed by atoms with Crippen LogP contribution in [0.2, 0.25) is 0 Å². The molecule has 2 unspecified atom stereocenters. The number of halogens is 2. The van der Waals surface area contributed by atoms with Crippen molar-refractivity contribution in [3.05, 3.63) is 69.4 Å². The molecule has 0 aliphatic rings. The van der Waals surface area contributed by atoms with E-state index in [1.54, 1.807) is 12.1 Å². The van der Waals surface area contributed by atoms with Crippen LogP contribution in [0.4, 0.5) is 4.39 Å². The second-order valence-electron chi connectivity index (χ2n) is 5.12. The number of benzene rings is 2. The molecular weight excluding hydrogens is 317 g/mol. The third-order valence-corrected chi connectivity index (χ3v) is 4.26. The summed E-state index contributed by atoms with van der Waals surface area (Å²) in [6.45, 7) is 4.37. The minimum absolute atomic E-state index is 0.272. The third kappa shape index (κ3) is 3.28. The van der Waals surface area contributed by atoms with Crippen molar-refractivity contribution in [2.45, 2.75) is 32.2 Å². The van der Waals surface area contributed by atoms with Crippen molar-refractivity contribution in [3.8, 4) is 0 Å². The lowest BCUT2D eigenvalue weighted by Gasteiger charge is -2.16. The van der Waals surface area contributed by atoms with Gasteiger partial charge in [-0.1, -0.05) is 54.0 Å². The molecule has 0 heterocycles. The van der Waals surface area contributed by atoms with Crippen molar-refractivity contribution in [1.29, 1.82) is 0 Å². The highest BCUT2D eigenvalue weighted by atomic mass is 79.9. The molecule has 0 amide bonds. The Hall–Kier alpha value is -1.19. The van der Waals surface area contributed by atoms with Crippen LogP contribution < -0.4 is 5.73 Å². The Morgan fingerprint density at radius 3 is 2.30 bits per heavy atom. The van der Waals surface area contributed by atoms with Crippen LogP contribution in [0.5, 0.6) is 0 Å². The summed E-state index contributed by atoms with van der Waals surface area (Å²) in [4.78, 5) is 0. The zero-order chi connectivity index (χ0) is 14.7. The van der Waals surface area contributed by atoms with Gasteiger partial charge in [0.15, 0.2) is 0 Å². The summed E-state index contributed by atoms with van der Waals surface area (Å²) < 4.78 is 14.7. The summed E-state index contributed by atoms with van der Waals surface area (Å²) in [5.74, 6) is 0.259. The summed E-state index contributed by atoms with van der Waals surface area (Å²) in [5, 5.41) is 0. The SMILES string of the molecule is CCC(C)c1ccc(C(N)c2cc(Br)ccc2F)cc1. The van der Waals surface area contributed by atoms with E-state index in [1.807, 2.05) is 12.1 Å². The summed E-state index contributed by atoms with van der Waals surface area (Å²) in [5.41, 5.74) is 8.91. The van der Waals surface area contributed by atoms with Gasteiger partial charge in [-0.25, -0.2) is 4.39 Å². The van der Waals surface area contributed by atoms with Gasteiger partial charge in [0, 0.05) is 10.0 Å². The van der Waals surface area contributed by atoms with E-state index in [0.29, 0.717) is 11.5 Å². The number of hydrogen-bond donors (Lipinski definition) is 1. The average Bonchev–Trinajstić information content (AvgIpc) is 2.48. The van der Waals surface area contributed by atoms with E-state index >= 15 is 0 Å². The topological polar surface area (TPSA) is 26.0 Å². The van der Waals surface area contributed by atoms with Gasteiger partial charge in [0.05, 0.1) is 6.04 Å². The quantitative estimate of drug-likeness (QED) is 0.821. The summed E-state index contributed by atoms with van der Waals surface area (Å²) >= 11 is 3.35. The van der Waals surface area contributed by atoms with Crippen LogP contribution in [-0.4, -0.2) is 0 Å². The normalized spacial score (nSPS) is 14.1. The Bertz CT molecular complexity index is 580. The van der Waals surface area contributed by atoms with Gasteiger partial charge in [-0.05, 0) is 41.7 Å². The molecule has 0 spiro atoms. The monoisotopic (exact) mass is 335 g/mol. The third-order valence-electron chi connectivity index (χ3n) is 3.77. The first kappa shape index (κ1) is 15.2. The van der Waals surface area contributed by atoms with Crippen LogP contribution >= 0.6 is 15.9 Å². The van der Waals surface area contributed by atoms with E-state index in [0.717, 1.165) is 16.5 Å². The molecule has 0 radical (unpaired) electrons. The highest BCUT2D eigenvalue weighted by Crippen LogP contribution is 2.27. The van der Waals surface area contributed by atoms with Crippen LogP contribution in [0.25, 0.3) is 0 Å². The molecule has 2 N–H and O–H groups in total. The van der Waals surface area contributed by atoms with Crippen molar-refractivity contribution >= 4 is 15.9 Å². The molecule has 20 heavy (non-hydrogen) atoms. The average molecular weight is 336 g/mol. The molecule has 0 saturated carbocycles. The first-order valence-corrected chi connectivity index (χ1v) is 7.62. The Morgan fingerprint density at radius 1 is 1.10 bits per heavy atom. The van der Waals surface area contributed by atoms with Gasteiger partial charge in [-0.3, -0.25) is 0 Å². The molecule has 0 saturated heterocycles. The minimum Gasteiger partial charge on any atom is -0.320 e. The Kier molecular flexibility index (Phi) is 4.95. The van der Waals surface area contributed by atoms with Crippen LogP contribution in [-0.2, 0) is 0 Å². The highest BCUT2D eigenvalue weighted by molar-refractivity contribution is 9.10.